The molecule has 1 unspecified atom stereocenters. The van der Waals surface area contributed by atoms with E-state index >= 15 is 0 Å². The zero-order valence-electron chi connectivity index (χ0n) is 16.5. The van der Waals surface area contributed by atoms with Crippen LogP contribution in [0.4, 0.5) is 0 Å². The van der Waals surface area contributed by atoms with Crippen molar-refractivity contribution >= 4 is 39.5 Å². The molecule has 1 saturated heterocycles. The van der Waals surface area contributed by atoms with Crippen LogP contribution in [0.15, 0.2) is 79.0 Å². The standard InChI is InChI=1S/C24H26BrNOS2/c25-22-17-28-16-18-6-7-19-8-9-20(15-27-14-13-26-11-2-1-3-12-26)29-24(19)10-4-5-21(24)23(18)22/h4-9,16-17H,1-3,10-15H2. The molecule has 29 heavy (non-hydrogen) atoms. The maximum atomic E-state index is 6.11. The highest BCUT2D eigenvalue weighted by Crippen LogP contribution is 2.57. The van der Waals surface area contributed by atoms with Gasteiger partial charge >= 0.3 is 0 Å². The Labute approximate surface area is 190 Å². The summed E-state index contributed by atoms with van der Waals surface area (Å²) < 4.78 is 7.29. The van der Waals surface area contributed by atoms with Gasteiger partial charge in [-0.25, -0.2) is 0 Å². The van der Waals surface area contributed by atoms with Crippen LogP contribution in [-0.2, 0) is 4.74 Å². The van der Waals surface area contributed by atoms with Gasteiger partial charge in [-0.05, 0) is 81.9 Å². The number of hydrogen-bond donors (Lipinski definition) is 0. The minimum Gasteiger partial charge on any atom is -0.375 e. The summed E-state index contributed by atoms with van der Waals surface area (Å²) in [6, 6.07) is 0. The van der Waals surface area contributed by atoms with E-state index in [-0.39, 0.29) is 4.75 Å². The van der Waals surface area contributed by atoms with Crippen LogP contribution in [0.1, 0.15) is 25.7 Å². The van der Waals surface area contributed by atoms with E-state index < -0.39 is 0 Å². The normalized spacial score (nSPS) is 28.7. The first-order chi connectivity index (χ1) is 14.3. The van der Waals surface area contributed by atoms with E-state index in [0.29, 0.717) is 6.61 Å². The molecule has 0 bridgehead atoms. The average molecular weight is 489 g/mol. The lowest BCUT2D eigenvalue weighted by Crippen LogP contribution is -2.33. The van der Waals surface area contributed by atoms with E-state index in [1.807, 2.05) is 11.8 Å². The monoisotopic (exact) mass is 487 g/mol. The Hall–Kier alpha value is -0.720. The summed E-state index contributed by atoms with van der Waals surface area (Å²) in [6.07, 6.45) is 18.9. The van der Waals surface area contributed by atoms with Gasteiger partial charge in [0, 0.05) is 21.5 Å². The van der Waals surface area contributed by atoms with E-state index in [0.717, 1.165) is 19.6 Å². The van der Waals surface area contributed by atoms with Crippen molar-refractivity contribution in [3.63, 3.8) is 0 Å². The lowest BCUT2D eigenvalue weighted by Gasteiger charge is -2.36. The van der Waals surface area contributed by atoms with E-state index in [9.17, 15) is 0 Å². The van der Waals surface area contributed by atoms with Gasteiger partial charge in [-0.1, -0.05) is 36.8 Å². The molecule has 5 rings (SSSR count). The summed E-state index contributed by atoms with van der Waals surface area (Å²) in [6.45, 7) is 5.08. The number of nitrogens with zero attached hydrogens (tertiary/aromatic N) is 1. The fraction of sp³-hybridized carbons (Fsp3) is 0.417. The first-order valence-electron chi connectivity index (χ1n) is 10.5. The Morgan fingerprint density at radius 3 is 2.86 bits per heavy atom. The summed E-state index contributed by atoms with van der Waals surface area (Å²) in [7, 11) is 0. The zero-order chi connectivity index (χ0) is 19.7. The molecular formula is C24H26BrNOS2. The zero-order valence-corrected chi connectivity index (χ0v) is 19.8. The fourth-order valence-electron chi connectivity index (χ4n) is 4.70. The van der Waals surface area contributed by atoms with Crippen molar-refractivity contribution in [3.8, 4) is 0 Å². The van der Waals surface area contributed by atoms with Crippen molar-refractivity contribution in [1.29, 1.82) is 0 Å². The van der Waals surface area contributed by atoms with Crippen LogP contribution in [0, 0.1) is 0 Å². The molecule has 5 aliphatic rings. The number of thioether (sulfide) groups is 2. The molecule has 0 aromatic heterocycles. The molecule has 0 aromatic rings. The molecule has 2 aliphatic carbocycles. The van der Waals surface area contributed by atoms with Crippen molar-refractivity contribution in [2.45, 2.75) is 30.4 Å². The highest BCUT2D eigenvalue weighted by molar-refractivity contribution is 9.12. The number of likely N-dealkylation sites (tertiary alicyclic amines) is 1. The maximum absolute atomic E-state index is 6.11. The summed E-state index contributed by atoms with van der Waals surface area (Å²) in [4.78, 5) is 3.88. The summed E-state index contributed by atoms with van der Waals surface area (Å²) in [5, 5.41) is 4.45. The Bertz CT molecular complexity index is 902. The van der Waals surface area contributed by atoms with E-state index in [4.69, 9.17) is 4.74 Å². The molecule has 0 radical (unpaired) electrons. The third-order valence-electron chi connectivity index (χ3n) is 6.20. The van der Waals surface area contributed by atoms with Gasteiger partial charge in [-0.3, -0.25) is 0 Å². The largest absolute Gasteiger partial charge is 0.375 e. The van der Waals surface area contributed by atoms with Gasteiger partial charge in [-0.15, -0.1) is 23.5 Å². The fourth-order valence-corrected chi connectivity index (χ4v) is 7.56. The van der Waals surface area contributed by atoms with Crippen LogP contribution in [0.25, 0.3) is 0 Å². The van der Waals surface area contributed by atoms with Crippen molar-refractivity contribution in [2.75, 3.05) is 32.8 Å². The predicted molar refractivity (Wildman–Crippen MR) is 130 cm³/mol. The van der Waals surface area contributed by atoms with Gasteiger partial charge in [-0.2, -0.15) is 0 Å². The molecular weight excluding hydrogens is 462 g/mol. The third kappa shape index (κ3) is 3.97. The summed E-state index contributed by atoms with van der Waals surface area (Å²) in [5.74, 6) is 0. The van der Waals surface area contributed by atoms with Crippen LogP contribution < -0.4 is 0 Å². The Morgan fingerprint density at radius 2 is 1.97 bits per heavy atom. The lowest BCUT2D eigenvalue weighted by molar-refractivity contribution is 0.113. The van der Waals surface area contributed by atoms with E-state index in [2.05, 4.69) is 68.1 Å². The van der Waals surface area contributed by atoms with Gasteiger partial charge in [0.05, 0.1) is 18.0 Å². The molecule has 152 valence electrons. The number of ether oxygens (including phenoxy) is 1. The molecule has 3 heterocycles. The second kappa shape index (κ2) is 8.80. The number of fused-ring (bicyclic) bond motifs is 1. The first-order valence-corrected chi connectivity index (χ1v) is 13.0. The quantitative estimate of drug-likeness (QED) is 0.411. The molecule has 2 nitrogen and oxygen atoms in total. The van der Waals surface area contributed by atoms with Crippen LogP contribution >= 0.6 is 39.5 Å². The smallest absolute Gasteiger partial charge is 0.0776 e. The molecule has 3 aliphatic heterocycles. The topological polar surface area (TPSA) is 12.5 Å². The number of hydrogen-bond acceptors (Lipinski definition) is 4. The van der Waals surface area contributed by atoms with Crippen molar-refractivity contribution in [1.82, 2.24) is 4.90 Å². The number of piperidine rings is 1. The average Bonchev–Trinajstić information content (AvgIpc) is 3.08. The number of rotatable bonds is 5. The Morgan fingerprint density at radius 1 is 1.07 bits per heavy atom. The van der Waals surface area contributed by atoms with E-state index in [1.54, 1.807) is 11.8 Å². The van der Waals surface area contributed by atoms with Crippen LogP contribution in [0.3, 0.4) is 0 Å². The molecule has 0 saturated carbocycles. The predicted octanol–water partition coefficient (Wildman–Crippen LogP) is 6.48. The summed E-state index contributed by atoms with van der Waals surface area (Å²) >= 11 is 7.56. The number of allylic oxidation sites excluding steroid dienone is 9. The second-order valence-electron chi connectivity index (χ2n) is 8.04. The highest BCUT2D eigenvalue weighted by Gasteiger charge is 2.44. The van der Waals surface area contributed by atoms with Gasteiger partial charge in [0.2, 0.25) is 0 Å². The molecule has 0 amide bonds. The Balaban J connectivity index is 1.31. The van der Waals surface area contributed by atoms with Crippen molar-refractivity contribution in [3.05, 3.63) is 79.0 Å². The van der Waals surface area contributed by atoms with Crippen LogP contribution in [0.2, 0.25) is 0 Å². The molecule has 0 N–H and O–H groups in total. The minimum atomic E-state index is -0.0173. The van der Waals surface area contributed by atoms with Gasteiger partial charge < -0.3 is 9.64 Å². The first kappa shape index (κ1) is 20.2. The number of halogens is 1. The van der Waals surface area contributed by atoms with Gasteiger partial charge in [0.25, 0.3) is 0 Å². The van der Waals surface area contributed by atoms with Crippen LogP contribution in [-0.4, -0.2) is 42.5 Å². The van der Waals surface area contributed by atoms with E-state index in [1.165, 1.54) is 64.0 Å². The highest BCUT2D eigenvalue weighted by atomic mass is 79.9. The molecule has 5 heteroatoms. The Kier molecular flexibility index (Phi) is 6.13. The van der Waals surface area contributed by atoms with Gasteiger partial charge in [0.1, 0.15) is 0 Å². The third-order valence-corrected chi connectivity index (χ3v) is 9.37. The van der Waals surface area contributed by atoms with Gasteiger partial charge in [0.15, 0.2) is 0 Å². The van der Waals surface area contributed by atoms with Crippen molar-refractivity contribution in [2.24, 2.45) is 0 Å². The maximum Gasteiger partial charge on any atom is 0.0776 e. The molecule has 1 atom stereocenters. The lowest BCUT2D eigenvalue weighted by atomic mass is 9.88. The van der Waals surface area contributed by atoms with Crippen molar-refractivity contribution < 1.29 is 4.74 Å². The molecule has 1 spiro atoms. The van der Waals surface area contributed by atoms with Crippen LogP contribution in [0.5, 0.6) is 0 Å². The SMILES string of the molecule is BrC1=CSC=C2C=CC3=CC=C(COCCN4CCCCC4)SC34CC=CC4=C12. The molecule has 0 aromatic carbocycles. The second-order valence-corrected chi connectivity index (χ2v) is 11.1. The summed E-state index contributed by atoms with van der Waals surface area (Å²) in [5.41, 5.74) is 5.47. The minimum absolute atomic E-state index is 0.0173. The molecule has 1 fully saturated rings.